The number of hydrogen-bond acceptors (Lipinski definition) is 0. The van der Waals surface area contributed by atoms with Gasteiger partial charge in [-0.05, 0) is 12.8 Å². The molecule has 0 aromatic heterocycles. The molecule has 0 aliphatic carbocycles. The quantitative estimate of drug-likeness (QED) is 0.486. The van der Waals surface area contributed by atoms with Crippen molar-refractivity contribution in [3.63, 3.8) is 0 Å². The fraction of sp³-hybridized carbons (Fsp3) is 0.250. The smallest absolute Gasteiger partial charge is 0.0172 e. The molecule has 8 heavy (non-hydrogen) atoms. The van der Waals surface area contributed by atoms with Gasteiger partial charge in [0.1, 0.15) is 0 Å². The summed E-state index contributed by atoms with van der Waals surface area (Å²) in [6.45, 7) is 7.16. The van der Waals surface area contributed by atoms with Crippen LogP contribution in [0.4, 0.5) is 0 Å². The van der Waals surface area contributed by atoms with Crippen LogP contribution in [-0.2, 0) is 0 Å². The maximum atomic E-state index is 3.58. The van der Waals surface area contributed by atoms with Crippen LogP contribution in [0.25, 0.3) is 0 Å². The Morgan fingerprint density at radius 2 is 1.25 bits per heavy atom. The zero-order valence-electron chi connectivity index (χ0n) is 5.14. The van der Waals surface area contributed by atoms with Crippen LogP contribution in [0.1, 0.15) is 12.8 Å². The molecule has 0 bridgehead atoms. The minimum Gasteiger partial charge on any atom is -0.103 e. The summed E-state index contributed by atoms with van der Waals surface area (Å²) >= 11 is 0. The second-order valence-electron chi connectivity index (χ2n) is 1.52. The molecule has 0 heteroatoms. The molecule has 0 unspecified atom stereocenters. The minimum absolute atomic E-state index is 0.966. The van der Waals surface area contributed by atoms with E-state index in [1.807, 2.05) is 12.2 Å². The second kappa shape index (κ2) is 6.22. The van der Waals surface area contributed by atoms with Crippen molar-refractivity contribution >= 4 is 0 Å². The molecule has 0 amide bonds. The minimum atomic E-state index is 0.966. The predicted octanol–water partition coefficient (Wildman–Crippen LogP) is 2.69. The van der Waals surface area contributed by atoms with Gasteiger partial charge in [0.15, 0.2) is 0 Å². The van der Waals surface area contributed by atoms with Crippen LogP contribution in [0.3, 0.4) is 0 Å². The number of rotatable bonds is 4. The molecule has 0 aliphatic heterocycles. The first-order chi connectivity index (χ1) is 3.91. The predicted molar refractivity (Wildman–Crippen MR) is 38.8 cm³/mol. The van der Waals surface area contributed by atoms with Crippen LogP contribution in [0, 0.1) is 0 Å². The van der Waals surface area contributed by atoms with E-state index in [9.17, 15) is 0 Å². The van der Waals surface area contributed by atoms with Crippen LogP contribution in [0.5, 0.6) is 0 Å². The molecule has 0 fully saturated rings. The van der Waals surface area contributed by atoms with Crippen LogP contribution in [-0.4, -0.2) is 0 Å². The average Bonchev–Trinajstić information content (AvgIpc) is 1.81. The van der Waals surface area contributed by atoms with Crippen molar-refractivity contribution < 1.29 is 0 Å². The van der Waals surface area contributed by atoms with Gasteiger partial charge in [-0.25, -0.2) is 0 Å². The summed E-state index contributed by atoms with van der Waals surface area (Å²) in [5.74, 6) is 0. The zero-order chi connectivity index (χ0) is 6.24. The van der Waals surface area contributed by atoms with Crippen molar-refractivity contribution in [3.8, 4) is 0 Å². The van der Waals surface area contributed by atoms with Gasteiger partial charge in [-0.15, -0.1) is 13.2 Å². The third-order valence-corrected chi connectivity index (χ3v) is 0.772. The van der Waals surface area contributed by atoms with Crippen LogP contribution in [0.2, 0.25) is 0 Å². The third kappa shape index (κ3) is 5.22. The Labute approximate surface area is 51.2 Å². The fourth-order valence-electron chi connectivity index (χ4n) is 0.385. The fourth-order valence-corrected chi connectivity index (χ4v) is 0.385. The number of hydrogen-bond donors (Lipinski definition) is 0. The van der Waals surface area contributed by atoms with E-state index in [1.54, 1.807) is 0 Å². The largest absolute Gasteiger partial charge is 0.103 e. The molecule has 0 rings (SSSR count). The molecule has 0 aliphatic rings. The van der Waals surface area contributed by atoms with Gasteiger partial charge in [0, 0.05) is 0 Å². The zero-order valence-corrected chi connectivity index (χ0v) is 5.14. The molecule has 0 radical (unpaired) electrons. The first-order valence-electron chi connectivity index (χ1n) is 2.78. The lowest BCUT2D eigenvalue weighted by Gasteiger charge is -1.77. The van der Waals surface area contributed by atoms with Crippen molar-refractivity contribution in [2.75, 3.05) is 0 Å². The summed E-state index contributed by atoms with van der Waals surface area (Å²) in [7, 11) is 0. The molecule has 0 N–H and O–H groups in total. The van der Waals surface area contributed by atoms with E-state index in [0.29, 0.717) is 0 Å². The van der Waals surface area contributed by atoms with Gasteiger partial charge < -0.3 is 0 Å². The normalized spacial score (nSPS) is 9.50. The van der Waals surface area contributed by atoms with E-state index in [-0.39, 0.29) is 0 Å². The van der Waals surface area contributed by atoms with Gasteiger partial charge in [-0.2, -0.15) is 0 Å². The first-order valence-corrected chi connectivity index (χ1v) is 2.78. The molecular formula is C8H12. The number of allylic oxidation sites excluding steroid dienone is 4. The van der Waals surface area contributed by atoms with Gasteiger partial charge >= 0.3 is 0 Å². The van der Waals surface area contributed by atoms with Gasteiger partial charge in [-0.1, -0.05) is 24.3 Å². The average molecular weight is 108 g/mol. The highest BCUT2D eigenvalue weighted by Crippen LogP contribution is 1.86. The van der Waals surface area contributed by atoms with Crippen molar-refractivity contribution in [2.45, 2.75) is 12.8 Å². The monoisotopic (exact) mass is 108 g/mol. The molecular weight excluding hydrogens is 96.1 g/mol. The molecule has 0 heterocycles. The van der Waals surface area contributed by atoms with Crippen molar-refractivity contribution in [1.29, 1.82) is 0 Å². The SMILES string of the molecule is C=CC/C=C/CC=C. The van der Waals surface area contributed by atoms with E-state index in [4.69, 9.17) is 0 Å². The molecule has 0 saturated heterocycles. The Bertz CT molecular complexity index is 76.2. The second-order valence-corrected chi connectivity index (χ2v) is 1.52. The van der Waals surface area contributed by atoms with E-state index < -0.39 is 0 Å². The van der Waals surface area contributed by atoms with E-state index in [0.717, 1.165) is 12.8 Å². The first kappa shape index (κ1) is 7.22. The summed E-state index contributed by atoms with van der Waals surface area (Å²) in [5, 5.41) is 0. The summed E-state index contributed by atoms with van der Waals surface area (Å²) in [4.78, 5) is 0. The Kier molecular flexibility index (Phi) is 5.61. The maximum Gasteiger partial charge on any atom is -0.0172 e. The Balaban J connectivity index is 3.06. The standard InChI is InChI=1S/C8H12/c1-3-5-7-8-6-4-2/h3-4,7-8H,1-2,5-6H2/b8-7+. The van der Waals surface area contributed by atoms with Crippen molar-refractivity contribution in [2.24, 2.45) is 0 Å². The topological polar surface area (TPSA) is 0 Å². The Hall–Kier alpha value is -0.780. The highest BCUT2D eigenvalue weighted by atomic mass is 13.7. The van der Waals surface area contributed by atoms with E-state index in [1.165, 1.54) is 0 Å². The molecule has 0 aromatic carbocycles. The molecule has 0 aromatic rings. The van der Waals surface area contributed by atoms with Crippen molar-refractivity contribution in [1.82, 2.24) is 0 Å². The van der Waals surface area contributed by atoms with Gasteiger partial charge in [0.2, 0.25) is 0 Å². The van der Waals surface area contributed by atoms with E-state index >= 15 is 0 Å². The molecule has 0 saturated carbocycles. The molecule has 44 valence electrons. The summed E-state index contributed by atoms with van der Waals surface area (Å²) < 4.78 is 0. The summed E-state index contributed by atoms with van der Waals surface area (Å²) in [6.07, 6.45) is 9.84. The van der Waals surface area contributed by atoms with Crippen molar-refractivity contribution in [3.05, 3.63) is 37.5 Å². The molecule has 0 atom stereocenters. The van der Waals surface area contributed by atoms with E-state index in [2.05, 4.69) is 25.3 Å². The lowest BCUT2D eigenvalue weighted by Crippen LogP contribution is -1.56. The maximum absolute atomic E-state index is 3.58. The lowest BCUT2D eigenvalue weighted by atomic mass is 10.3. The Morgan fingerprint density at radius 3 is 1.50 bits per heavy atom. The Morgan fingerprint density at radius 1 is 0.875 bits per heavy atom. The van der Waals surface area contributed by atoms with Crippen LogP contribution >= 0.6 is 0 Å². The highest BCUT2D eigenvalue weighted by Gasteiger charge is 1.65. The lowest BCUT2D eigenvalue weighted by molar-refractivity contribution is 1.32. The van der Waals surface area contributed by atoms with Gasteiger partial charge in [-0.3, -0.25) is 0 Å². The summed E-state index contributed by atoms with van der Waals surface area (Å²) in [5.41, 5.74) is 0. The third-order valence-electron chi connectivity index (χ3n) is 0.772. The van der Waals surface area contributed by atoms with Crippen LogP contribution in [0.15, 0.2) is 37.5 Å². The highest BCUT2D eigenvalue weighted by molar-refractivity contribution is 4.92. The summed E-state index contributed by atoms with van der Waals surface area (Å²) in [6, 6.07) is 0. The molecule has 0 spiro atoms. The van der Waals surface area contributed by atoms with Gasteiger partial charge in [0.05, 0.1) is 0 Å². The molecule has 0 nitrogen and oxygen atoms in total. The van der Waals surface area contributed by atoms with Crippen LogP contribution < -0.4 is 0 Å². The van der Waals surface area contributed by atoms with Gasteiger partial charge in [0.25, 0.3) is 0 Å².